The largest absolute Gasteiger partial charge is 0.342 e. The number of hydrogen-bond donors (Lipinski definition) is 0. The number of amides is 1. The number of rotatable bonds is 5. The summed E-state index contributed by atoms with van der Waals surface area (Å²) >= 11 is 1.63. The first-order valence-electron chi connectivity index (χ1n) is 8.31. The van der Waals surface area contributed by atoms with Gasteiger partial charge in [-0.2, -0.15) is 4.98 Å². The molecule has 0 saturated carbocycles. The van der Waals surface area contributed by atoms with Crippen LogP contribution in [0.2, 0.25) is 0 Å². The molecule has 1 saturated heterocycles. The van der Waals surface area contributed by atoms with Gasteiger partial charge in [-0.25, -0.2) is 0 Å². The Hall–Kier alpha value is -1.69. The van der Waals surface area contributed by atoms with E-state index in [-0.39, 0.29) is 11.8 Å². The molecule has 1 aliphatic heterocycles. The molecule has 1 amide bonds. The lowest BCUT2D eigenvalue weighted by molar-refractivity contribution is -0.131. The van der Waals surface area contributed by atoms with Crippen LogP contribution in [0.25, 0.3) is 0 Å². The van der Waals surface area contributed by atoms with Gasteiger partial charge in [-0.1, -0.05) is 25.1 Å². The fraction of sp³-hybridized carbons (Fsp3) is 0.588. The number of likely N-dealkylation sites (tertiary alicyclic amines) is 1. The normalized spacial score (nSPS) is 19.7. The number of nitrogens with zero attached hydrogens (tertiary/aromatic N) is 3. The van der Waals surface area contributed by atoms with Gasteiger partial charge in [0.2, 0.25) is 11.8 Å². The Kier molecular flexibility index (Phi) is 5.10. The SMILES string of the molecule is CCC(C)c1noc(C2CCCN(C(=O)Cc3cccs3)C2)n1. The maximum Gasteiger partial charge on any atom is 0.231 e. The Bertz CT molecular complexity index is 638. The highest BCUT2D eigenvalue weighted by atomic mass is 32.1. The van der Waals surface area contributed by atoms with Crippen molar-refractivity contribution in [3.63, 3.8) is 0 Å². The van der Waals surface area contributed by atoms with Crippen molar-refractivity contribution in [1.29, 1.82) is 0 Å². The lowest BCUT2D eigenvalue weighted by Crippen LogP contribution is -2.39. The van der Waals surface area contributed by atoms with E-state index in [0.29, 0.717) is 24.8 Å². The molecule has 2 atom stereocenters. The zero-order valence-electron chi connectivity index (χ0n) is 13.7. The van der Waals surface area contributed by atoms with E-state index in [1.165, 1.54) is 0 Å². The highest BCUT2D eigenvalue weighted by Gasteiger charge is 2.29. The fourth-order valence-corrected chi connectivity index (χ4v) is 3.57. The van der Waals surface area contributed by atoms with Crippen molar-refractivity contribution in [2.45, 2.75) is 51.4 Å². The second-order valence-corrected chi connectivity index (χ2v) is 7.27. The van der Waals surface area contributed by atoms with Gasteiger partial charge in [0.05, 0.1) is 12.3 Å². The van der Waals surface area contributed by atoms with E-state index in [4.69, 9.17) is 4.52 Å². The smallest absolute Gasteiger partial charge is 0.231 e. The van der Waals surface area contributed by atoms with Crippen LogP contribution in [0.5, 0.6) is 0 Å². The van der Waals surface area contributed by atoms with Gasteiger partial charge < -0.3 is 9.42 Å². The van der Waals surface area contributed by atoms with Gasteiger partial charge in [0, 0.05) is 23.9 Å². The van der Waals surface area contributed by atoms with Gasteiger partial charge in [0.1, 0.15) is 0 Å². The first-order chi connectivity index (χ1) is 11.2. The third-order valence-corrected chi connectivity index (χ3v) is 5.42. The van der Waals surface area contributed by atoms with Crippen LogP contribution < -0.4 is 0 Å². The number of carbonyl (C=O) groups is 1. The summed E-state index contributed by atoms with van der Waals surface area (Å²) in [6.45, 7) is 5.73. The molecular weight excluding hydrogens is 310 g/mol. The Morgan fingerprint density at radius 3 is 3.17 bits per heavy atom. The molecule has 2 unspecified atom stereocenters. The van der Waals surface area contributed by atoms with Crippen LogP contribution in [0.1, 0.15) is 61.5 Å². The highest BCUT2D eigenvalue weighted by Crippen LogP contribution is 2.27. The molecule has 2 aromatic rings. The lowest BCUT2D eigenvalue weighted by Gasteiger charge is -2.31. The van der Waals surface area contributed by atoms with Gasteiger partial charge in [-0.3, -0.25) is 4.79 Å². The van der Waals surface area contributed by atoms with Crippen molar-refractivity contribution < 1.29 is 9.32 Å². The second-order valence-electron chi connectivity index (χ2n) is 6.24. The Morgan fingerprint density at radius 1 is 1.57 bits per heavy atom. The van der Waals surface area contributed by atoms with Crippen molar-refractivity contribution in [1.82, 2.24) is 15.0 Å². The molecule has 0 radical (unpaired) electrons. The second kappa shape index (κ2) is 7.25. The van der Waals surface area contributed by atoms with Crippen molar-refractivity contribution in [2.24, 2.45) is 0 Å². The molecule has 0 spiro atoms. The van der Waals surface area contributed by atoms with Crippen LogP contribution in [0.4, 0.5) is 0 Å². The van der Waals surface area contributed by atoms with Gasteiger partial charge >= 0.3 is 0 Å². The van der Waals surface area contributed by atoms with Gasteiger partial charge in [0.15, 0.2) is 5.82 Å². The summed E-state index contributed by atoms with van der Waals surface area (Å²) in [7, 11) is 0. The molecule has 0 aliphatic carbocycles. The zero-order valence-corrected chi connectivity index (χ0v) is 14.5. The van der Waals surface area contributed by atoms with E-state index in [9.17, 15) is 4.79 Å². The molecule has 5 nitrogen and oxygen atoms in total. The predicted molar refractivity (Wildman–Crippen MR) is 89.6 cm³/mol. The highest BCUT2D eigenvalue weighted by molar-refractivity contribution is 7.10. The fourth-order valence-electron chi connectivity index (χ4n) is 2.88. The third kappa shape index (κ3) is 3.80. The molecule has 3 rings (SSSR count). The summed E-state index contributed by atoms with van der Waals surface area (Å²) in [5.41, 5.74) is 0. The quantitative estimate of drug-likeness (QED) is 0.839. The summed E-state index contributed by atoms with van der Waals surface area (Å²) in [6.07, 6.45) is 3.48. The summed E-state index contributed by atoms with van der Waals surface area (Å²) < 4.78 is 5.46. The average Bonchev–Trinajstić information content (AvgIpc) is 3.26. The third-order valence-electron chi connectivity index (χ3n) is 4.54. The van der Waals surface area contributed by atoms with Crippen molar-refractivity contribution in [3.05, 3.63) is 34.1 Å². The molecule has 0 aromatic carbocycles. The van der Waals surface area contributed by atoms with Gasteiger partial charge in [-0.05, 0) is 30.7 Å². The lowest BCUT2D eigenvalue weighted by atomic mass is 9.97. The van der Waals surface area contributed by atoms with Crippen LogP contribution in [0, 0.1) is 0 Å². The molecule has 3 heterocycles. The minimum Gasteiger partial charge on any atom is -0.342 e. The molecule has 1 fully saturated rings. The summed E-state index contributed by atoms with van der Waals surface area (Å²) in [6, 6.07) is 4.00. The maximum atomic E-state index is 12.5. The molecule has 2 aromatic heterocycles. The molecule has 6 heteroatoms. The summed E-state index contributed by atoms with van der Waals surface area (Å²) in [4.78, 5) is 20.1. The number of thiophene rings is 1. The van der Waals surface area contributed by atoms with Crippen LogP contribution in [-0.4, -0.2) is 34.0 Å². The van der Waals surface area contributed by atoms with Gasteiger partial charge in [0.25, 0.3) is 0 Å². The topological polar surface area (TPSA) is 59.2 Å². The molecule has 0 N–H and O–H groups in total. The van der Waals surface area contributed by atoms with Gasteiger partial charge in [-0.15, -0.1) is 11.3 Å². The minimum absolute atomic E-state index is 0.168. The standard InChI is InChI=1S/C17H23N3O2S/c1-3-12(2)16-18-17(22-19-16)13-6-4-8-20(11-13)15(21)10-14-7-5-9-23-14/h5,7,9,12-13H,3-4,6,8,10-11H2,1-2H3. The van der Waals surface area contributed by atoms with Crippen molar-refractivity contribution >= 4 is 17.2 Å². The average molecular weight is 333 g/mol. The van der Waals surface area contributed by atoms with E-state index < -0.39 is 0 Å². The Labute approximate surface area is 140 Å². The first kappa shape index (κ1) is 16.2. The Balaban J connectivity index is 1.63. The maximum absolute atomic E-state index is 12.5. The zero-order chi connectivity index (χ0) is 16.2. The van der Waals surface area contributed by atoms with Crippen LogP contribution >= 0.6 is 11.3 Å². The van der Waals surface area contributed by atoms with E-state index >= 15 is 0 Å². The molecular formula is C17H23N3O2S. The Morgan fingerprint density at radius 2 is 2.43 bits per heavy atom. The monoisotopic (exact) mass is 333 g/mol. The first-order valence-corrected chi connectivity index (χ1v) is 9.19. The molecule has 124 valence electrons. The molecule has 1 aliphatic rings. The number of aromatic nitrogens is 2. The minimum atomic E-state index is 0.168. The predicted octanol–water partition coefficient (Wildman–Crippen LogP) is 3.59. The van der Waals surface area contributed by atoms with Crippen LogP contribution in [0.15, 0.2) is 22.0 Å². The van der Waals surface area contributed by atoms with Crippen molar-refractivity contribution in [3.8, 4) is 0 Å². The van der Waals surface area contributed by atoms with E-state index in [0.717, 1.165) is 36.5 Å². The summed E-state index contributed by atoms with van der Waals surface area (Å²) in [5.74, 6) is 2.14. The number of piperidine rings is 1. The van der Waals surface area contributed by atoms with E-state index in [1.54, 1.807) is 11.3 Å². The number of carbonyl (C=O) groups excluding carboxylic acids is 1. The molecule has 0 bridgehead atoms. The van der Waals surface area contributed by atoms with E-state index in [1.807, 2.05) is 22.4 Å². The molecule has 23 heavy (non-hydrogen) atoms. The summed E-state index contributed by atoms with van der Waals surface area (Å²) in [5, 5.41) is 6.12. The van der Waals surface area contributed by atoms with Crippen LogP contribution in [0.3, 0.4) is 0 Å². The van der Waals surface area contributed by atoms with E-state index in [2.05, 4.69) is 24.0 Å². The van der Waals surface area contributed by atoms with Crippen molar-refractivity contribution in [2.75, 3.05) is 13.1 Å². The number of hydrogen-bond acceptors (Lipinski definition) is 5. The van der Waals surface area contributed by atoms with Crippen LogP contribution in [-0.2, 0) is 11.2 Å².